The number of ketones is 2. The van der Waals surface area contributed by atoms with Gasteiger partial charge in [0.05, 0.1) is 30.5 Å². The molecular weight excluding hydrogens is 394 g/mol. The Kier molecular flexibility index (Phi) is 5.29. The Labute approximate surface area is 179 Å². The highest BCUT2D eigenvalue weighted by Gasteiger charge is 2.38. The quantitative estimate of drug-likeness (QED) is 0.576. The number of benzene rings is 2. The first kappa shape index (κ1) is 20.3. The average molecular weight is 415 g/mol. The van der Waals surface area contributed by atoms with Gasteiger partial charge in [-0.25, -0.2) is 4.79 Å². The first-order valence-corrected chi connectivity index (χ1v) is 9.88. The molecule has 1 aliphatic carbocycles. The highest BCUT2D eigenvalue weighted by Crippen LogP contribution is 2.36. The number of methoxy groups -OCH3 is 1. The number of esters is 1. The molecule has 0 spiro atoms. The molecule has 3 aromatic rings. The number of rotatable bonds is 5. The number of carbonyl (C=O) groups is 3. The topological polar surface area (TPSA) is 74.6 Å². The first-order chi connectivity index (χ1) is 15.0. The molecule has 0 fully saturated rings. The molecule has 1 aromatic heterocycles. The highest BCUT2D eigenvalue weighted by atomic mass is 16.5. The van der Waals surface area contributed by atoms with E-state index in [-0.39, 0.29) is 29.2 Å². The van der Waals surface area contributed by atoms with E-state index in [2.05, 4.69) is 0 Å². The third-order valence-electron chi connectivity index (χ3n) is 5.31. The number of fused-ring (bicyclic) bond motifs is 1. The van der Waals surface area contributed by atoms with Crippen molar-refractivity contribution in [1.29, 1.82) is 0 Å². The maximum absolute atomic E-state index is 13.0. The van der Waals surface area contributed by atoms with Gasteiger partial charge in [0.1, 0.15) is 5.69 Å². The molecule has 0 N–H and O–H groups in total. The summed E-state index contributed by atoms with van der Waals surface area (Å²) >= 11 is 0. The van der Waals surface area contributed by atoms with Crippen LogP contribution < -0.4 is 0 Å². The van der Waals surface area contributed by atoms with Crippen molar-refractivity contribution in [3.05, 3.63) is 83.3 Å². The maximum atomic E-state index is 13.0. The smallest absolute Gasteiger partial charge is 0.341 e. The Bertz CT molecular complexity index is 1220. The molecule has 2 aromatic carbocycles. The van der Waals surface area contributed by atoms with Crippen LogP contribution in [0.3, 0.4) is 0 Å². The van der Waals surface area contributed by atoms with E-state index < -0.39 is 17.5 Å². The van der Waals surface area contributed by atoms with Crippen LogP contribution in [0.4, 0.5) is 0 Å². The summed E-state index contributed by atoms with van der Waals surface area (Å²) in [5.74, 6) is -1.66. The lowest BCUT2D eigenvalue weighted by atomic mass is 9.94. The number of Topliss-reactive ketones (excluding diaryl/α,β-unsaturated/α-hetero) is 1. The highest BCUT2D eigenvalue weighted by molar-refractivity contribution is 6.27. The Morgan fingerprint density at radius 3 is 2.13 bits per heavy atom. The van der Waals surface area contributed by atoms with Crippen LogP contribution in [0, 0.1) is 0 Å². The Balaban J connectivity index is 1.91. The number of allylic oxidation sites excluding steroid dienone is 2. The molecule has 0 aliphatic heterocycles. The van der Waals surface area contributed by atoms with E-state index in [4.69, 9.17) is 9.47 Å². The third-order valence-corrected chi connectivity index (χ3v) is 5.31. The van der Waals surface area contributed by atoms with Crippen LogP contribution in [-0.2, 0) is 16.5 Å². The van der Waals surface area contributed by atoms with E-state index >= 15 is 0 Å². The molecule has 31 heavy (non-hydrogen) atoms. The monoisotopic (exact) mass is 415 g/mol. The average Bonchev–Trinajstić information content (AvgIpc) is 3.11. The molecule has 1 aliphatic rings. The molecule has 4 rings (SSSR count). The van der Waals surface area contributed by atoms with Gasteiger partial charge < -0.3 is 14.0 Å². The molecule has 6 nitrogen and oxygen atoms in total. The lowest BCUT2D eigenvalue weighted by Crippen LogP contribution is -2.21. The lowest BCUT2D eigenvalue weighted by molar-refractivity contribution is 0.0524. The predicted molar refractivity (Wildman–Crippen MR) is 116 cm³/mol. The number of aromatic nitrogens is 1. The first-order valence-electron chi connectivity index (χ1n) is 9.88. The second-order valence-corrected chi connectivity index (χ2v) is 7.08. The number of hydrogen-bond donors (Lipinski definition) is 0. The summed E-state index contributed by atoms with van der Waals surface area (Å²) in [5.41, 5.74) is 3.47. The van der Waals surface area contributed by atoms with Crippen molar-refractivity contribution in [1.82, 2.24) is 4.57 Å². The largest absolute Gasteiger partial charge is 0.492 e. The molecule has 0 unspecified atom stereocenters. The molecule has 0 saturated heterocycles. The Hall–Kier alpha value is -3.93. The van der Waals surface area contributed by atoms with Gasteiger partial charge in [-0.15, -0.1) is 0 Å². The maximum Gasteiger partial charge on any atom is 0.341 e. The van der Waals surface area contributed by atoms with Crippen molar-refractivity contribution in [2.24, 2.45) is 7.05 Å². The summed E-state index contributed by atoms with van der Waals surface area (Å²) in [5, 5.41) is 0. The molecule has 0 amide bonds. The Morgan fingerprint density at radius 1 is 0.903 bits per heavy atom. The van der Waals surface area contributed by atoms with Crippen LogP contribution in [0.1, 0.15) is 38.1 Å². The van der Waals surface area contributed by atoms with Gasteiger partial charge in [0.2, 0.25) is 11.6 Å². The standard InChI is InChI=1S/C25H21NO5/c1-4-31-25(29)21-20-23(18(27)14-19(30-3)24(20)28)26(2)22(21)17-12-10-16(11-13-17)15-8-6-5-7-9-15/h5-14H,4H2,1-3H3. The van der Waals surface area contributed by atoms with Crippen molar-refractivity contribution in [3.8, 4) is 22.4 Å². The van der Waals surface area contributed by atoms with Crippen molar-refractivity contribution in [2.75, 3.05) is 13.7 Å². The minimum absolute atomic E-state index is 0.0208. The van der Waals surface area contributed by atoms with Gasteiger partial charge in [-0.1, -0.05) is 54.6 Å². The molecule has 0 bridgehead atoms. The van der Waals surface area contributed by atoms with Gasteiger partial charge in [0, 0.05) is 13.1 Å². The SMILES string of the molecule is CCOC(=O)c1c2c(n(C)c1-c1ccc(-c3ccccc3)cc1)C(=O)C=C(OC)C2=O. The van der Waals surface area contributed by atoms with Gasteiger partial charge in [-0.2, -0.15) is 0 Å². The van der Waals surface area contributed by atoms with E-state index in [0.717, 1.165) is 17.2 Å². The van der Waals surface area contributed by atoms with Crippen LogP contribution in [0.5, 0.6) is 0 Å². The molecule has 0 saturated carbocycles. The van der Waals surface area contributed by atoms with E-state index in [9.17, 15) is 14.4 Å². The normalized spacial score (nSPS) is 12.9. The van der Waals surface area contributed by atoms with Crippen molar-refractivity contribution >= 4 is 17.5 Å². The summed E-state index contributed by atoms with van der Waals surface area (Å²) in [7, 11) is 2.98. The van der Waals surface area contributed by atoms with Gasteiger partial charge >= 0.3 is 5.97 Å². The van der Waals surface area contributed by atoms with Crippen molar-refractivity contribution in [3.63, 3.8) is 0 Å². The summed E-state index contributed by atoms with van der Waals surface area (Å²) in [6.07, 6.45) is 1.15. The second-order valence-electron chi connectivity index (χ2n) is 7.08. The van der Waals surface area contributed by atoms with Crippen LogP contribution >= 0.6 is 0 Å². The molecule has 6 heteroatoms. The Morgan fingerprint density at radius 2 is 1.52 bits per heavy atom. The summed E-state index contributed by atoms with van der Waals surface area (Å²) in [6.45, 7) is 1.83. The predicted octanol–water partition coefficient (Wildman–Crippen LogP) is 4.45. The molecule has 0 radical (unpaired) electrons. The number of nitrogens with zero attached hydrogens (tertiary/aromatic N) is 1. The van der Waals surface area contributed by atoms with Crippen LogP contribution in [-0.4, -0.2) is 35.8 Å². The third kappa shape index (κ3) is 3.36. The summed E-state index contributed by atoms with van der Waals surface area (Å²) in [6, 6.07) is 17.5. The van der Waals surface area contributed by atoms with E-state index in [1.807, 2.05) is 54.6 Å². The van der Waals surface area contributed by atoms with Crippen LogP contribution in [0.25, 0.3) is 22.4 Å². The summed E-state index contributed by atoms with van der Waals surface area (Å²) in [4.78, 5) is 38.6. The zero-order valence-corrected chi connectivity index (χ0v) is 17.5. The van der Waals surface area contributed by atoms with E-state index in [0.29, 0.717) is 11.3 Å². The van der Waals surface area contributed by atoms with E-state index in [1.165, 1.54) is 7.11 Å². The van der Waals surface area contributed by atoms with Crippen LogP contribution in [0.15, 0.2) is 66.4 Å². The van der Waals surface area contributed by atoms with Crippen molar-refractivity contribution < 1.29 is 23.9 Å². The molecule has 0 atom stereocenters. The molecular formula is C25H21NO5. The minimum atomic E-state index is -0.653. The lowest BCUT2D eigenvalue weighted by Gasteiger charge is -2.12. The molecule has 1 heterocycles. The number of carbonyl (C=O) groups excluding carboxylic acids is 3. The van der Waals surface area contributed by atoms with Gasteiger partial charge in [0.15, 0.2) is 5.76 Å². The van der Waals surface area contributed by atoms with Gasteiger partial charge in [-0.3, -0.25) is 9.59 Å². The fraction of sp³-hybridized carbons (Fsp3) is 0.160. The number of hydrogen-bond acceptors (Lipinski definition) is 5. The van der Waals surface area contributed by atoms with Gasteiger partial charge in [0.25, 0.3) is 0 Å². The number of ether oxygens (including phenoxy) is 2. The fourth-order valence-corrected chi connectivity index (χ4v) is 3.91. The van der Waals surface area contributed by atoms with Crippen LogP contribution in [0.2, 0.25) is 0 Å². The zero-order chi connectivity index (χ0) is 22.1. The fourth-order valence-electron chi connectivity index (χ4n) is 3.91. The summed E-state index contributed by atoms with van der Waals surface area (Å²) < 4.78 is 11.9. The van der Waals surface area contributed by atoms with Gasteiger partial charge in [-0.05, 0) is 23.6 Å². The second kappa shape index (κ2) is 8.07. The van der Waals surface area contributed by atoms with Crippen molar-refractivity contribution in [2.45, 2.75) is 6.92 Å². The zero-order valence-electron chi connectivity index (χ0n) is 17.5. The van der Waals surface area contributed by atoms with E-state index in [1.54, 1.807) is 18.5 Å². The minimum Gasteiger partial charge on any atom is -0.492 e. The molecule has 156 valence electrons.